The summed E-state index contributed by atoms with van der Waals surface area (Å²) in [5, 5.41) is 5.09. The van der Waals surface area contributed by atoms with Crippen LogP contribution in [0.25, 0.3) is 0 Å². The molecule has 0 bridgehead atoms. The summed E-state index contributed by atoms with van der Waals surface area (Å²) in [4.78, 5) is 15.1. The van der Waals surface area contributed by atoms with Crippen molar-refractivity contribution < 1.29 is 13.2 Å². The fourth-order valence-electron chi connectivity index (χ4n) is 2.14. The number of carbonyl (C=O) groups is 1. The normalized spacial score (nSPS) is 12.6. The van der Waals surface area contributed by atoms with Gasteiger partial charge in [0.2, 0.25) is 15.9 Å². The summed E-state index contributed by atoms with van der Waals surface area (Å²) in [6.07, 6.45) is 0. The van der Waals surface area contributed by atoms with Crippen LogP contribution in [0.2, 0.25) is 0 Å². The molecule has 0 aromatic heterocycles. The molecule has 0 radical (unpaired) electrons. The predicted molar refractivity (Wildman–Crippen MR) is 96.2 cm³/mol. The van der Waals surface area contributed by atoms with Crippen LogP contribution in [0.5, 0.6) is 0 Å². The van der Waals surface area contributed by atoms with Crippen molar-refractivity contribution in [1.82, 2.24) is 4.90 Å². The molecule has 24 heavy (non-hydrogen) atoms. The number of hydrogen-bond donors (Lipinski definition) is 1. The van der Waals surface area contributed by atoms with E-state index in [9.17, 15) is 13.2 Å². The van der Waals surface area contributed by atoms with Gasteiger partial charge in [0.1, 0.15) is 0 Å². The molecule has 1 unspecified atom stereocenters. The van der Waals surface area contributed by atoms with Crippen LogP contribution in [-0.4, -0.2) is 32.0 Å². The summed E-state index contributed by atoms with van der Waals surface area (Å²) < 4.78 is 22.6. The van der Waals surface area contributed by atoms with Gasteiger partial charge in [-0.15, -0.1) is 11.8 Å². The van der Waals surface area contributed by atoms with E-state index in [-0.39, 0.29) is 16.8 Å². The zero-order valence-electron chi connectivity index (χ0n) is 13.5. The first-order chi connectivity index (χ1) is 11.3. The average Bonchev–Trinajstić information content (AvgIpc) is 2.58. The maximum atomic E-state index is 12.3. The third-order valence-corrected chi connectivity index (χ3v) is 5.70. The Balaban J connectivity index is 2.00. The van der Waals surface area contributed by atoms with Crippen molar-refractivity contribution in [3.63, 3.8) is 0 Å². The molecule has 2 rings (SSSR count). The van der Waals surface area contributed by atoms with E-state index >= 15 is 0 Å². The van der Waals surface area contributed by atoms with Gasteiger partial charge < -0.3 is 4.90 Å². The highest BCUT2D eigenvalue weighted by molar-refractivity contribution is 8.00. The molecule has 2 aromatic rings. The van der Waals surface area contributed by atoms with Crippen LogP contribution in [0, 0.1) is 0 Å². The average molecular weight is 364 g/mol. The first-order valence-electron chi connectivity index (χ1n) is 7.35. The van der Waals surface area contributed by atoms with Crippen LogP contribution >= 0.6 is 11.8 Å². The lowest BCUT2D eigenvalue weighted by atomic mass is 10.1. The molecular weight excluding hydrogens is 344 g/mol. The Bertz CT molecular complexity index is 790. The number of rotatable bonds is 6. The van der Waals surface area contributed by atoms with Crippen molar-refractivity contribution in [2.24, 2.45) is 5.14 Å². The van der Waals surface area contributed by atoms with Crippen LogP contribution < -0.4 is 5.14 Å². The van der Waals surface area contributed by atoms with Crippen LogP contribution in [0.4, 0.5) is 0 Å². The standard InChI is InChI=1S/C17H20N2O3S2/c1-13(14-8-10-16(11-9-14)24(18,21)22)19(2)17(20)12-23-15-6-4-3-5-7-15/h3-11,13H,12H2,1-2H3,(H2,18,21,22). The largest absolute Gasteiger partial charge is 0.338 e. The van der Waals surface area contributed by atoms with Gasteiger partial charge in [-0.1, -0.05) is 30.3 Å². The molecule has 1 amide bonds. The molecule has 7 heteroatoms. The third kappa shape index (κ3) is 4.83. The smallest absolute Gasteiger partial charge is 0.238 e. The van der Waals surface area contributed by atoms with E-state index in [0.29, 0.717) is 5.75 Å². The van der Waals surface area contributed by atoms with Crippen molar-refractivity contribution in [3.8, 4) is 0 Å². The maximum absolute atomic E-state index is 12.3. The number of nitrogens with two attached hydrogens (primary N) is 1. The van der Waals surface area contributed by atoms with Crippen molar-refractivity contribution >= 4 is 27.7 Å². The number of thioether (sulfide) groups is 1. The molecule has 0 spiro atoms. The predicted octanol–water partition coefficient (Wildman–Crippen LogP) is 2.65. The lowest BCUT2D eigenvalue weighted by Gasteiger charge is -2.25. The Labute approximate surface area is 146 Å². The Morgan fingerprint density at radius 1 is 1.12 bits per heavy atom. The molecule has 0 aliphatic rings. The highest BCUT2D eigenvalue weighted by atomic mass is 32.2. The lowest BCUT2D eigenvalue weighted by molar-refractivity contribution is -0.128. The third-order valence-electron chi connectivity index (χ3n) is 3.77. The van der Waals surface area contributed by atoms with Gasteiger partial charge in [-0.2, -0.15) is 0 Å². The molecule has 128 valence electrons. The van der Waals surface area contributed by atoms with E-state index in [4.69, 9.17) is 5.14 Å². The molecule has 0 saturated carbocycles. The van der Waals surface area contributed by atoms with E-state index in [2.05, 4.69) is 0 Å². The first kappa shape index (κ1) is 18.5. The van der Waals surface area contributed by atoms with E-state index in [1.54, 1.807) is 24.1 Å². The van der Waals surface area contributed by atoms with Crippen LogP contribution in [-0.2, 0) is 14.8 Å². The van der Waals surface area contributed by atoms with Crippen molar-refractivity contribution in [3.05, 3.63) is 60.2 Å². The van der Waals surface area contributed by atoms with Crippen molar-refractivity contribution in [2.45, 2.75) is 22.8 Å². The minimum Gasteiger partial charge on any atom is -0.338 e. The number of hydrogen-bond acceptors (Lipinski definition) is 4. The van der Waals surface area contributed by atoms with Gasteiger partial charge in [0.05, 0.1) is 16.7 Å². The molecule has 1 atom stereocenters. The fourth-order valence-corrected chi connectivity index (χ4v) is 3.50. The highest BCUT2D eigenvalue weighted by Gasteiger charge is 2.18. The molecule has 0 aliphatic carbocycles. The SMILES string of the molecule is CC(c1ccc(S(N)(=O)=O)cc1)N(C)C(=O)CSc1ccccc1. The van der Waals surface area contributed by atoms with E-state index in [1.807, 2.05) is 37.3 Å². The van der Waals surface area contributed by atoms with Crippen LogP contribution in [0.1, 0.15) is 18.5 Å². The highest BCUT2D eigenvalue weighted by Crippen LogP contribution is 2.23. The Morgan fingerprint density at radius 2 is 1.71 bits per heavy atom. The molecule has 0 fully saturated rings. The van der Waals surface area contributed by atoms with Crippen LogP contribution in [0.3, 0.4) is 0 Å². The Morgan fingerprint density at radius 3 is 2.25 bits per heavy atom. The molecule has 0 heterocycles. The second-order valence-corrected chi connectivity index (χ2v) is 8.01. The minimum atomic E-state index is -3.70. The molecule has 5 nitrogen and oxygen atoms in total. The zero-order valence-corrected chi connectivity index (χ0v) is 15.2. The van der Waals surface area contributed by atoms with Gasteiger partial charge in [0.25, 0.3) is 0 Å². The summed E-state index contributed by atoms with van der Waals surface area (Å²) in [6.45, 7) is 1.90. The Hall–Kier alpha value is -1.83. The van der Waals surface area contributed by atoms with Crippen molar-refractivity contribution in [2.75, 3.05) is 12.8 Å². The second kappa shape index (κ2) is 7.83. The fraction of sp³-hybridized carbons (Fsp3) is 0.235. The number of nitrogens with zero attached hydrogens (tertiary/aromatic N) is 1. The van der Waals surface area contributed by atoms with Gasteiger partial charge >= 0.3 is 0 Å². The molecule has 0 saturated heterocycles. The topological polar surface area (TPSA) is 80.5 Å². The molecule has 2 aromatic carbocycles. The first-order valence-corrected chi connectivity index (χ1v) is 9.88. The lowest BCUT2D eigenvalue weighted by Crippen LogP contribution is -2.31. The van der Waals surface area contributed by atoms with Gasteiger partial charge in [-0.25, -0.2) is 13.6 Å². The summed E-state index contributed by atoms with van der Waals surface area (Å²) in [5.74, 6) is 0.354. The number of primary sulfonamides is 1. The van der Waals surface area contributed by atoms with Gasteiger partial charge in [0.15, 0.2) is 0 Å². The maximum Gasteiger partial charge on any atom is 0.238 e. The van der Waals surface area contributed by atoms with Gasteiger partial charge in [-0.05, 0) is 36.8 Å². The molecule has 2 N–H and O–H groups in total. The molecular formula is C17H20N2O3S2. The van der Waals surface area contributed by atoms with Gasteiger partial charge in [-0.3, -0.25) is 4.79 Å². The Kier molecular flexibility index (Phi) is 6.04. The monoisotopic (exact) mass is 364 g/mol. The second-order valence-electron chi connectivity index (χ2n) is 5.40. The molecule has 0 aliphatic heterocycles. The number of benzene rings is 2. The minimum absolute atomic E-state index is 0.00637. The number of amides is 1. The summed E-state index contributed by atoms with van der Waals surface area (Å²) in [7, 11) is -1.96. The van der Waals surface area contributed by atoms with Crippen LogP contribution in [0.15, 0.2) is 64.4 Å². The summed E-state index contributed by atoms with van der Waals surface area (Å²) >= 11 is 1.49. The van der Waals surface area contributed by atoms with E-state index in [0.717, 1.165) is 10.5 Å². The van der Waals surface area contributed by atoms with Crippen molar-refractivity contribution in [1.29, 1.82) is 0 Å². The van der Waals surface area contributed by atoms with Gasteiger partial charge in [0, 0.05) is 11.9 Å². The van der Waals surface area contributed by atoms with E-state index < -0.39 is 10.0 Å². The zero-order chi connectivity index (χ0) is 17.7. The summed E-state index contributed by atoms with van der Waals surface area (Å²) in [5.41, 5.74) is 0.850. The van der Waals surface area contributed by atoms with E-state index in [1.165, 1.54) is 23.9 Å². The summed E-state index contributed by atoms with van der Waals surface area (Å²) in [6, 6.07) is 15.8. The number of carbonyl (C=O) groups excluding carboxylic acids is 1. The quantitative estimate of drug-likeness (QED) is 0.799. The number of sulfonamides is 1.